The molecule has 5 nitrogen and oxygen atoms in total. The lowest BCUT2D eigenvalue weighted by Gasteiger charge is -2.13. The highest BCUT2D eigenvalue weighted by Crippen LogP contribution is 2.30. The van der Waals surface area contributed by atoms with Gasteiger partial charge in [-0.2, -0.15) is 0 Å². The Morgan fingerprint density at radius 2 is 1.53 bits per heavy atom. The summed E-state index contributed by atoms with van der Waals surface area (Å²) in [5.41, 5.74) is 2.62. The topological polar surface area (TPSA) is 59.6 Å². The van der Waals surface area contributed by atoms with Gasteiger partial charge in [0.25, 0.3) is 0 Å². The molecule has 0 aromatic heterocycles. The van der Waals surface area contributed by atoms with E-state index >= 15 is 0 Å². The average Bonchev–Trinajstić information content (AvgIpc) is 2.75. The summed E-state index contributed by atoms with van der Waals surface area (Å²) in [5, 5.41) is 5.36. The van der Waals surface area contributed by atoms with E-state index in [0.717, 1.165) is 41.9 Å². The van der Waals surface area contributed by atoms with Gasteiger partial charge in [0.1, 0.15) is 11.5 Å². The Kier molecular flexibility index (Phi) is 7.59. The Balaban J connectivity index is 1.65. The summed E-state index contributed by atoms with van der Waals surface area (Å²) in [6.45, 7) is 2.77. The van der Waals surface area contributed by atoms with Crippen LogP contribution in [0.4, 0.5) is 29.3 Å². The third-order valence-corrected chi connectivity index (χ3v) is 4.45. The number of para-hydroxylation sites is 1. The number of nitrogens with one attached hydrogen (secondary N) is 2. The van der Waals surface area contributed by atoms with Crippen LogP contribution in [0, 0.1) is 0 Å². The molecule has 0 atom stereocenters. The van der Waals surface area contributed by atoms with Gasteiger partial charge in [0.2, 0.25) is 0 Å². The van der Waals surface area contributed by atoms with Crippen LogP contribution < -0.4 is 20.1 Å². The first kappa shape index (κ1) is 23.0. The van der Waals surface area contributed by atoms with Gasteiger partial charge < -0.3 is 20.1 Å². The van der Waals surface area contributed by atoms with Gasteiger partial charge in [-0.3, -0.25) is 0 Å². The molecular weight excluding hydrogens is 421 g/mol. The van der Waals surface area contributed by atoms with E-state index in [-0.39, 0.29) is 5.75 Å². The van der Waals surface area contributed by atoms with Crippen LogP contribution in [-0.2, 0) is 0 Å². The zero-order valence-electron chi connectivity index (χ0n) is 17.4. The Labute approximate surface area is 184 Å². The van der Waals surface area contributed by atoms with Gasteiger partial charge in [-0.05, 0) is 54.4 Å². The quantitative estimate of drug-likeness (QED) is 0.365. The first-order valence-electron chi connectivity index (χ1n) is 10.1. The third-order valence-electron chi connectivity index (χ3n) is 4.45. The first-order chi connectivity index (χ1) is 15.3. The number of urea groups is 1. The second-order valence-electron chi connectivity index (χ2n) is 6.92. The maximum Gasteiger partial charge on any atom is 0.573 e. The molecule has 0 fully saturated rings. The largest absolute Gasteiger partial charge is 0.573 e. The van der Waals surface area contributed by atoms with E-state index in [4.69, 9.17) is 4.74 Å². The maximum atomic E-state index is 12.4. The van der Waals surface area contributed by atoms with Gasteiger partial charge >= 0.3 is 12.4 Å². The monoisotopic (exact) mass is 444 g/mol. The lowest BCUT2D eigenvalue weighted by Crippen LogP contribution is -2.20. The lowest BCUT2D eigenvalue weighted by atomic mass is 10.0. The summed E-state index contributed by atoms with van der Waals surface area (Å²) in [6.07, 6.45) is -2.72. The zero-order chi connectivity index (χ0) is 23.0. The van der Waals surface area contributed by atoms with E-state index in [1.807, 2.05) is 36.4 Å². The highest BCUT2D eigenvalue weighted by Gasteiger charge is 2.30. The van der Waals surface area contributed by atoms with Crippen LogP contribution in [0.25, 0.3) is 11.1 Å². The molecule has 0 aliphatic heterocycles. The van der Waals surface area contributed by atoms with Crippen LogP contribution in [0.1, 0.15) is 19.8 Å². The standard InChI is InChI=1S/C24H23F3N2O3/c1-2-3-16-31-19-12-8-17(9-13-19)21-6-4-5-7-22(21)29-23(30)28-18-10-14-20(15-11-18)32-24(25,26)27/h4-15H,2-3,16H2,1H3,(H2,28,29,30). The van der Waals surface area contributed by atoms with Crippen LogP contribution in [0.15, 0.2) is 72.8 Å². The third kappa shape index (κ3) is 6.94. The van der Waals surface area contributed by atoms with Crippen LogP contribution in [0.2, 0.25) is 0 Å². The fraction of sp³-hybridized carbons (Fsp3) is 0.208. The number of halogens is 3. The Morgan fingerprint density at radius 1 is 0.875 bits per heavy atom. The minimum Gasteiger partial charge on any atom is -0.494 e. The van der Waals surface area contributed by atoms with Crippen LogP contribution in [-0.4, -0.2) is 19.0 Å². The SMILES string of the molecule is CCCCOc1ccc(-c2ccccc2NC(=O)Nc2ccc(OC(F)(F)F)cc2)cc1. The second kappa shape index (κ2) is 10.6. The van der Waals surface area contributed by atoms with Crippen molar-refractivity contribution in [2.24, 2.45) is 0 Å². The minimum atomic E-state index is -4.77. The fourth-order valence-corrected chi connectivity index (χ4v) is 2.93. The highest BCUT2D eigenvalue weighted by atomic mass is 19.4. The van der Waals surface area contributed by atoms with Crippen molar-refractivity contribution in [2.75, 3.05) is 17.2 Å². The summed E-state index contributed by atoms with van der Waals surface area (Å²) in [7, 11) is 0. The summed E-state index contributed by atoms with van der Waals surface area (Å²) < 4.78 is 46.3. The number of rotatable bonds is 8. The van der Waals surface area contributed by atoms with Gasteiger partial charge in [-0.15, -0.1) is 13.2 Å². The summed E-state index contributed by atoms with van der Waals surface area (Å²) in [4.78, 5) is 12.4. The van der Waals surface area contributed by atoms with Crippen molar-refractivity contribution >= 4 is 17.4 Å². The first-order valence-corrected chi connectivity index (χ1v) is 10.1. The molecule has 3 rings (SSSR count). The van der Waals surface area contributed by atoms with Crippen LogP contribution in [0.3, 0.4) is 0 Å². The molecule has 3 aromatic rings. The van der Waals surface area contributed by atoms with Crippen molar-refractivity contribution < 1.29 is 27.4 Å². The van der Waals surface area contributed by atoms with Crippen LogP contribution in [0.5, 0.6) is 11.5 Å². The van der Waals surface area contributed by atoms with E-state index in [2.05, 4.69) is 22.3 Å². The molecule has 8 heteroatoms. The molecule has 0 aliphatic rings. The molecule has 0 heterocycles. The van der Waals surface area contributed by atoms with E-state index < -0.39 is 12.4 Å². The molecule has 0 unspecified atom stereocenters. The van der Waals surface area contributed by atoms with Crippen molar-refractivity contribution in [3.8, 4) is 22.6 Å². The normalized spacial score (nSPS) is 11.0. The number of carbonyl (C=O) groups excluding carboxylic acids is 1. The molecule has 0 bridgehead atoms. The average molecular weight is 444 g/mol. The molecule has 168 valence electrons. The Morgan fingerprint density at radius 3 is 2.19 bits per heavy atom. The minimum absolute atomic E-state index is 0.322. The zero-order valence-corrected chi connectivity index (χ0v) is 17.4. The Bertz CT molecular complexity index is 1020. The molecule has 0 spiro atoms. The van der Waals surface area contributed by atoms with Crippen molar-refractivity contribution in [1.29, 1.82) is 0 Å². The molecule has 3 aromatic carbocycles. The molecule has 0 saturated heterocycles. The van der Waals surface area contributed by atoms with E-state index in [0.29, 0.717) is 18.0 Å². The summed E-state index contributed by atoms with van der Waals surface area (Å²) in [5.74, 6) is 0.416. The number of amides is 2. The van der Waals surface area contributed by atoms with Gasteiger partial charge in [-0.1, -0.05) is 43.7 Å². The molecule has 0 radical (unpaired) electrons. The molecule has 0 aliphatic carbocycles. The van der Waals surface area contributed by atoms with Crippen molar-refractivity contribution in [1.82, 2.24) is 0 Å². The predicted molar refractivity (Wildman–Crippen MR) is 118 cm³/mol. The predicted octanol–water partition coefficient (Wildman–Crippen LogP) is 7.08. The van der Waals surface area contributed by atoms with E-state index in [9.17, 15) is 18.0 Å². The van der Waals surface area contributed by atoms with Gasteiger partial charge in [0, 0.05) is 11.3 Å². The maximum absolute atomic E-state index is 12.4. The molecule has 32 heavy (non-hydrogen) atoms. The Hall–Kier alpha value is -3.68. The number of anilines is 2. The lowest BCUT2D eigenvalue weighted by molar-refractivity contribution is -0.274. The fourth-order valence-electron chi connectivity index (χ4n) is 2.93. The van der Waals surface area contributed by atoms with Crippen molar-refractivity contribution in [2.45, 2.75) is 26.1 Å². The number of benzene rings is 3. The van der Waals surface area contributed by atoms with Crippen molar-refractivity contribution in [3.63, 3.8) is 0 Å². The van der Waals surface area contributed by atoms with Gasteiger partial charge in [0.05, 0.1) is 12.3 Å². The van der Waals surface area contributed by atoms with Gasteiger partial charge in [0.15, 0.2) is 0 Å². The highest BCUT2D eigenvalue weighted by molar-refractivity contribution is 6.02. The van der Waals surface area contributed by atoms with Gasteiger partial charge in [-0.25, -0.2) is 4.79 Å². The molecule has 0 saturated carbocycles. The second-order valence-corrected chi connectivity index (χ2v) is 6.92. The smallest absolute Gasteiger partial charge is 0.494 e. The molecule has 2 amide bonds. The van der Waals surface area contributed by atoms with E-state index in [1.165, 1.54) is 12.1 Å². The number of ether oxygens (including phenoxy) is 2. The number of alkyl halides is 3. The summed E-state index contributed by atoms with van der Waals surface area (Å²) >= 11 is 0. The number of unbranched alkanes of at least 4 members (excludes halogenated alkanes) is 1. The van der Waals surface area contributed by atoms with Crippen molar-refractivity contribution in [3.05, 3.63) is 72.8 Å². The number of hydrogen-bond acceptors (Lipinski definition) is 3. The molecular formula is C24H23F3N2O3. The molecule has 2 N–H and O–H groups in total. The number of hydrogen-bond donors (Lipinski definition) is 2. The van der Waals surface area contributed by atoms with E-state index in [1.54, 1.807) is 12.1 Å². The van der Waals surface area contributed by atoms with Crippen LogP contribution >= 0.6 is 0 Å². The summed E-state index contributed by atoms with van der Waals surface area (Å²) in [6, 6.07) is 19.3. The number of carbonyl (C=O) groups is 1.